The van der Waals surface area contributed by atoms with Gasteiger partial charge in [-0.05, 0) is 6.26 Å². The van der Waals surface area contributed by atoms with E-state index in [0.717, 1.165) is 6.26 Å². The Balaban J connectivity index is 3.01. The third-order valence-electron chi connectivity index (χ3n) is 1.42. The maximum Gasteiger partial charge on any atom is 0.219 e. The maximum absolute atomic E-state index is 10.9. The van der Waals surface area contributed by atoms with Crippen molar-refractivity contribution < 1.29 is 13.5 Å². The van der Waals surface area contributed by atoms with Gasteiger partial charge in [-0.1, -0.05) is 11.8 Å². The molecule has 1 N–H and O–H groups in total. The molecule has 1 rings (SSSR count). The highest BCUT2D eigenvalue weighted by molar-refractivity contribution is 7.98. The van der Waals surface area contributed by atoms with E-state index in [1.54, 1.807) is 6.26 Å². The zero-order chi connectivity index (χ0) is 10.8. The minimum absolute atomic E-state index is 0.227. The van der Waals surface area contributed by atoms with Crippen molar-refractivity contribution >= 4 is 21.6 Å². The number of nitrogens with zero attached hydrogens (tertiary/aromatic N) is 2. The van der Waals surface area contributed by atoms with E-state index < -0.39 is 9.84 Å². The summed E-state index contributed by atoms with van der Waals surface area (Å²) in [7, 11) is -3.17. The fourth-order valence-electron chi connectivity index (χ4n) is 0.865. The molecular formula is C7H10N2O3S2. The Bertz CT molecular complexity index is 431. The van der Waals surface area contributed by atoms with Gasteiger partial charge in [0.25, 0.3) is 0 Å². The summed E-state index contributed by atoms with van der Waals surface area (Å²) in [6.45, 7) is 0. The van der Waals surface area contributed by atoms with Crippen LogP contribution in [0.5, 0.6) is 5.88 Å². The van der Waals surface area contributed by atoms with Crippen LogP contribution >= 0.6 is 11.8 Å². The molecule has 0 spiro atoms. The summed E-state index contributed by atoms with van der Waals surface area (Å²) >= 11 is 1.28. The number of rotatable bonds is 3. The molecule has 0 aromatic carbocycles. The molecule has 1 heterocycles. The first kappa shape index (κ1) is 11.3. The molecule has 0 saturated heterocycles. The molecule has 14 heavy (non-hydrogen) atoms. The predicted molar refractivity (Wildman–Crippen MR) is 54.0 cm³/mol. The Morgan fingerprint density at radius 2 is 2.21 bits per heavy atom. The van der Waals surface area contributed by atoms with Crippen LogP contribution in [0.15, 0.2) is 11.4 Å². The summed E-state index contributed by atoms with van der Waals surface area (Å²) in [5.41, 5.74) is 0.227. The third kappa shape index (κ3) is 3.15. The van der Waals surface area contributed by atoms with Gasteiger partial charge in [0.2, 0.25) is 5.88 Å². The zero-order valence-electron chi connectivity index (χ0n) is 7.76. The van der Waals surface area contributed by atoms with Crippen LogP contribution in [0.2, 0.25) is 0 Å². The second-order valence-corrected chi connectivity index (χ2v) is 5.69. The van der Waals surface area contributed by atoms with E-state index in [4.69, 9.17) is 0 Å². The van der Waals surface area contributed by atoms with Crippen LogP contribution in [0.3, 0.4) is 0 Å². The van der Waals surface area contributed by atoms with Crippen LogP contribution in [0.4, 0.5) is 0 Å². The third-order valence-corrected chi connectivity index (χ3v) is 2.82. The molecule has 0 atom stereocenters. The summed E-state index contributed by atoms with van der Waals surface area (Å²) in [5.74, 6) is -0.511. The smallest absolute Gasteiger partial charge is 0.219 e. The highest BCUT2D eigenvalue weighted by Crippen LogP contribution is 2.18. The van der Waals surface area contributed by atoms with Crippen molar-refractivity contribution in [2.24, 2.45) is 0 Å². The van der Waals surface area contributed by atoms with Gasteiger partial charge in [0.15, 0.2) is 15.0 Å². The fraction of sp³-hybridized carbons (Fsp3) is 0.429. The predicted octanol–water partition coefficient (Wildman–Crippen LogP) is 0.449. The topological polar surface area (TPSA) is 80.2 Å². The monoisotopic (exact) mass is 234 g/mol. The van der Waals surface area contributed by atoms with E-state index in [1.165, 1.54) is 18.0 Å². The molecule has 0 aliphatic rings. The van der Waals surface area contributed by atoms with Gasteiger partial charge in [-0.3, -0.25) is 0 Å². The minimum Gasteiger partial charge on any atom is -0.493 e. The van der Waals surface area contributed by atoms with Gasteiger partial charge in [-0.15, -0.1) is 0 Å². The Kier molecular flexibility index (Phi) is 3.33. The fourth-order valence-corrected chi connectivity index (χ4v) is 1.97. The largest absolute Gasteiger partial charge is 0.493 e. The van der Waals surface area contributed by atoms with Crippen LogP contribution in [0, 0.1) is 0 Å². The highest BCUT2D eigenvalue weighted by Gasteiger charge is 2.11. The van der Waals surface area contributed by atoms with E-state index >= 15 is 0 Å². The summed E-state index contributed by atoms with van der Waals surface area (Å²) in [6, 6.07) is 0. The molecule has 7 heteroatoms. The first-order chi connectivity index (χ1) is 6.42. The molecule has 0 aliphatic carbocycles. The standard InChI is InChI=1S/C7H10N2O3S2/c1-13-7-8-3-5(6(10)9-7)4-14(2,11)12/h3H,4H2,1-2H3,(H,8,9,10). The van der Waals surface area contributed by atoms with Crippen LogP contribution in [0.25, 0.3) is 0 Å². The number of aromatic nitrogens is 2. The van der Waals surface area contributed by atoms with Gasteiger partial charge in [-0.25, -0.2) is 13.4 Å². The van der Waals surface area contributed by atoms with Gasteiger partial charge in [0, 0.05) is 18.0 Å². The lowest BCUT2D eigenvalue weighted by Crippen LogP contribution is -2.02. The lowest BCUT2D eigenvalue weighted by molar-refractivity contribution is 0.439. The van der Waals surface area contributed by atoms with Crippen molar-refractivity contribution in [3.63, 3.8) is 0 Å². The zero-order valence-corrected chi connectivity index (χ0v) is 9.39. The second kappa shape index (κ2) is 4.14. The van der Waals surface area contributed by atoms with Crippen LogP contribution in [-0.2, 0) is 15.6 Å². The molecule has 0 fully saturated rings. The molecule has 0 unspecified atom stereocenters. The summed E-state index contributed by atoms with van der Waals surface area (Å²) < 4.78 is 21.9. The van der Waals surface area contributed by atoms with Crippen LogP contribution < -0.4 is 0 Å². The molecule has 0 saturated carbocycles. The number of sulfone groups is 1. The Morgan fingerprint density at radius 3 is 2.64 bits per heavy atom. The van der Waals surface area contributed by atoms with Gasteiger partial charge in [0.1, 0.15) is 0 Å². The number of hydrogen-bond acceptors (Lipinski definition) is 6. The Labute approximate surface area is 86.5 Å². The first-order valence-electron chi connectivity index (χ1n) is 3.69. The number of aromatic hydroxyl groups is 1. The van der Waals surface area contributed by atoms with Gasteiger partial charge in [0.05, 0.1) is 5.75 Å². The molecular weight excluding hydrogens is 224 g/mol. The number of hydrogen-bond donors (Lipinski definition) is 1. The minimum atomic E-state index is -3.17. The SMILES string of the molecule is CSc1ncc(CS(C)(=O)=O)c(O)n1. The van der Waals surface area contributed by atoms with Crippen LogP contribution in [-0.4, -0.2) is 36.0 Å². The van der Waals surface area contributed by atoms with Gasteiger partial charge >= 0.3 is 0 Å². The van der Waals surface area contributed by atoms with Crippen molar-refractivity contribution in [3.8, 4) is 5.88 Å². The van der Waals surface area contributed by atoms with E-state index in [-0.39, 0.29) is 17.2 Å². The quantitative estimate of drug-likeness (QED) is 0.604. The molecule has 78 valence electrons. The lowest BCUT2D eigenvalue weighted by Gasteiger charge is -2.02. The van der Waals surface area contributed by atoms with Crippen molar-refractivity contribution in [2.75, 3.05) is 12.5 Å². The average Bonchev–Trinajstić information content (AvgIpc) is 2.06. The van der Waals surface area contributed by atoms with E-state index in [2.05, 4.69) is 9.97 Å². The van der Waals surface area contributed by atoms with Crippen molar-refractivity contribution in [2.45, 2.75) is 10.9 Å². The summed E-state index contributed by atoms with van der Waals surface area (Å²) in [5, 5.41) is 9.77. The molecule has 5 nitrogen and oxygen atoms in total. The van der Waals surface area contributed by atoms with E-state index in [1.807, 2.05) is 0 Å². The molecule has 0 bridgehead atoms. The Morgan fingerprint density at radius 1 is 1.57 bits per heavy atom. The molecule has 1 aromatic heterocycles. The average molecular weight is 234 g/mol. The van der Waals surface area contributed by atoms with Crippen LogP contribution in [0.1, 0.15) is 5.56 Å². The normalized spacial score (nSPS) is 11.6. The molecule has 0 aliphatic heterocycles. The van der Waals surface area contributed by atoms with Crippen molar-refractivity contribution in [3.05, 3.63) is 11.8 Å². The molecule has 0 radical (unpaired) electrons. The van der Waals surface area contributed by atoms with Crippen molar-refractivity contribution in [1.29, 1.82) is 0 Å². The number of thioether (sulfide) groups is 1. The molecule has 1 aromatic rings. The van der Waals surface area contributed by atoms with E-state index in [9.17, 15) is 13.5 Å². The lowest BCUT2D eigenvalue weighted by atomic mass is 10.4. The first-order valence-corrected chi connectivity index (χ1v) is 6.97. The Hall–Kier alpha value is -0.820. The van der Waals surface area contributed by atoms with Crippen molar-refractivity contribution in [1.82, 2.24) is 9.97 Å². The van der Waals surface area contributed by atoms with E-state index in [0.29, 0.717) is 5.16 Å². The summed E-state index contributed by atoms with van der Waals surface area (Å²) in [6.07, 6.45) is 4.19. The molecule has 0 amide bonds. The van der Waals surface area contributed by atoms with Gasteiger partial charge < -0.3 is 5.11 Å². The highest BCUT2D eigenvalue weighted by atomic mass is 32.2. The maximum atomic E-state index is 10.9. The second-order valence-electron chi connectivity index (χ2n) is 2.78. The summed E-state index contributed by atoms with van der Waals surface area (Å²) in [4.78, 5) is 7.59. The van der Waals surface area contributed by atoms with Gasteiger partial charge in [-0.2, -0.15) is 4.98 Å².